The summed E-state index contributed by atoms with van der Waals surface area (Å²) in [5.74, 6) is 0.162. The number of halogens is 3. The highest BCUT2D eigenvalue weighted by molar-refractivity contribution is 9.10. The van der Waals surface area contributed by atoms with E-state index in [4.69, 9.17) is 33.0 Å². The largest absolute Gasteiger partial charge is 0.481 e. The van der Waals surface area contributed by atoms with E-state index in [0.717, 1.165) is 21.6 Å². The molecule has 0 heterocycles. The van der Waals surface area contributed by atoms with Crippen molar-refractivity contribution < 1.29 is 14.6 Å². The molecule has 0 spiro atoms. The van der Waals surface area contributed by atoms with Gasteiger partial charge >= 0.3 is 5.97 Å². The lowest BCUT2D eigenvalue weighted by atomic mass is 9.98. The number of benzene rings is 3. The molecule has 3 nitrogen and oxygen atoms in total. The van der Waals surface area contributed by atoms with Crippen molar-refractivity contribution in [1.29, 1.82) is 0 Å². The maximum atomic E-state index is 10.7. The van der Waals surface area contributed by atoms with Crippen LogP contribution in [-0.4, -0.2) is 23.4 Å². The van der Waals surface area contributed by atoms with E-state index in [0.29, 0.717) is 26.0 Å². The van der Waals surface area contributed by atoms with E-state index in [1.54, 1.807) is 17.8 Å². The smallest absolute Gasteiger partial charge is 0.341 e. The van der Waals surface area contributed by atoms with Gasteiger partial charge < -0.3 is 9.84 Å². The van der Waals surface area contributed by atoms with Crippen LogP contribution in [0.25, 0.3) is 5.57 Å². The SMILES string of the molecule is O=C(O)COc1ccc(SCC=C(c2ccccc2Cl)c2ccccc2Cl)cc1Br. The third-order valence-corrected chi connectivity index (χ3v) is 6.32. The first kappa shape index (κ1) is 22.8. The second-order valence-corrected chi connectivity index (χ2v) is 8.93. The molecule has 0 aromatic heterocycles. The Hall–Kier alpha value is -1.92. The van der Waals surface area contributed by atoms with Crippen LogP contribution in [0.15, 0.2) is 82.2 Å². The van der Waals surface area contributed by atoms with Crippen molar-refractivity contribution in [3.8, 4) is 5.75 Å². The number of hydrogen-bond acceptors (Lipinski definition) is 3. The lowest BCUT2D eigenvalue weighted by molar-refractivity contribution is -0.139. The van der Waals surface area contributed by atoms with E-state index < -0.39 is 5.97 Å². The average molecular weight is 524 g/mol. The summed E-state index contributed by atoms with van der Waals surface area (Å²) >= 11 is 18.0. The summed E-state index contributed by atoms with van der Waals surface area (Å²) in [5, 5.41) is 10.1. The number of hydrogen-bond donors (Lipinski definition) is 1. The van der Waals surface area contributed by atoms with Gasteiger partial charge in [-0.1, -0.05) is 65.7 Å². The Bertz CT molecular complexity index is 1040. The highest BCUT2D eigenvalue weighted by Gasteiger charge is 2.12. The number of thioether (sulfide) groups is 1. The van der Waals surface area contributed by atoms with Crippen molar-refractivity contribution >= 4 is 62.4 Å². The number of carbonyl (C=O) groups is 1. The van der Waals surface area contributed by atoms with E-state index in [1.165, 1.54) is 0 Å². The quantitative estimate of drug-likeness (QED) is 0.311. The van der Waals surface area contributed by atoms with Gasteiger partial charge in [-0.2, -0.15) is 0 Å². The van der Waals surface area contributed by atoms with E-state index in [1.807, 2.05) is 60.7 Å². The molecule has 1 N–H and O–H groups in total. The van der Waals surface area contributed by atoms with E-state index in [-0.39, 0.29) is 6.61 Å². The number of aliphatic carboxylic acids is 1. The Kier molecular flexibility index (Phi) is 8.28. The van der Waals surface area contributed by atoms with Gasteiger partial charge in [0.2, 0.25) is 0 Å². The normalized spacial score (nSPS) is 10.5. The minimum atomic E-state index is -1.02. The third-order valence-electron chi connectivity index (χ3n) is 4.12. The lowest BCUT2D eigenvalue weighted by Crippen LogP contribution is -2.09. The fraction of sp³-hybridized carbons (Fsp3) is 0.0870. The molecule has 0 saturated heterocycles. The molecule has 0 atom stereocenters. The van der Waals surface area contributed by atoms with Crippen LogP contribution in [-0.2, 0) is 4.79 Å². The minimum absolute atomic E-state index is 0.382. The maximum Gasteiger partial charge on any atom is 0.341 e. The zero-order valence-corrected chi connectivity index (χ0v) is 19.6. The van der Waals surface area contributed by atoms with Gasteiger partial charge in [0.1, 0.15) is 5.75 Å². The molecule has 0 saturated carbocycles. The summed E-state index contributed by atoms with van der Waals surface area (Å²) in [5.41, 5.74) is 2.82. The second kappa shape index (κ2) is 10.9. The fourth-order valence-electron chi connectivity index (χ4n) is 2.77. The molecule has 3 aromatic carbocycles. The molecule has 0 bridgehead atoms. The summed E-state index contributed by atoms with van der Waals surface area (Å²) in [6.07, 6.45) is 2.11. The van der Waals surface area contributed by atoms with Crippen LogP contribution < -0.4 is 4.74 Å². The Morgan fingerprint density at radius 3 is 2.13 bits per heavy atom. The van der Waals surface area contributed by atoms with Gasteiger partial charge in [-0.3, -0.25) is 0 Å². The van der Waals surface area contributed by atoms with Gasteiger partial charge in [-0.15, -0.1) is 11.8 Å². The monoisotopic (exact) mass is 522 g/mol. The first-order valence-electron chi connectivity index (χ1n) is 8.92. The number of carboxylic acid groups (broad SMARTS) is 1. The van der Waals surface area contributed by atoms with Gasteiger partial charge in [-0.05, 0) is 51.8 Å². The molecule has 0 aliphatic rings. The molecule has 0 amide bonds. The molecule has 3 aromatic rings. The van der Waals surface area contributed by atoms with Gasteiger partial charge in [0, 0.05) is 31.8 Å². The van der Waals surface area contributed by atoms with Crippen molar-refractivity contribution in [2.24, 2.45) is 0 Å². The van der Waals surface area contributed by atoms with E-state index >= 15 is 0 Å². The molecular weight excluding hydrogens is 507 g/mol. The lowest BCUT2D eigenvalue weighted by Gasteiger charge is -2.12. The van der Waals surface area contributed by atoms with Crippen molar-refractivity contribution in [3.05, 3.63) is 98.5 Å². The van der Waals surface area contributed by atoms with Crippen LogP contribution in [0.1, 0.15) is 11.1 Å². The molecule has 154 valence electrons. The first-order chi connectivity index (χ1) is 14.5. The van der Waals surface area contributed by atoms with Crippen molar-refractivity contribution in [1.82, 2.24) is 0 Å². The van der Waals surface area contributed by atoms with Crippen LogP contribution in [0.3, 0.4) is 0 Å². The molecule has 0 unspecified atom stereocenters. The summed E-state index contributed by atoms with van der Waals surface area (Å²) in [7, 11) is 0. The average Bonchev–Trinajstić information content (AvgIpc) is 2.72. The van der Waals surface area contributed by atoms with Gasteiger partial charge in [0.05, 0.1) is 4.47 Å². The standard InChI is InChI=1S/C23H17BrCl2O3S/c24-19-13-15(9-10-22(19)29-14-23(27)28)30-12-11-16(17-5-1-3-7-20(17)25)18-6-2-4-8-21(18)26/h1-11,13H,12,14H2,(H,27,28). The number of carboxylic acids is 1. The van der Waals surface area contributed by atoms with Crippen LogP contribution in [0.4, 0.5) is 0 Å². The number of ether oxygens (including phenoxy) is 1. The van der Waals surface area contributed by atoms with Gasteiger partial charge in [0.15, 0.2) is 6.61 Å². The topological polar surface area (TPSA) is 46.5 Å². The summed E-state index contributed by atoms with van der Waals surface area (Å²) in [6.45, 7) is -0.382. The molecule has 0 fully saturated rings. The van der Waals surface area contributed by atoms with Crippen LogP contribution in [0.5, 0.6) is 5.75 Å². The Morgan fingerprint density at radius 1 is 1.00 bits per heavy atom. The second-order valence-electron chi connectivity index (χ2n) is 6.16. The Labute approximate surface area is 197 Å². The van der Waals surface area contributed by atoms with Crippen molar-refractivity contribution in [3.63, 3.8) is 0 Å². The summed E-state index contributed by atoms with van der Waals surface area (Å²) < 4.78 is 5.94. The van der Waals surface area contributed by atoms with Crippen LogP contribution >= 0.6 is 50.9 Å². The van der Waals surface area contributed by atoms with Gasteiger partial charge in [-0.25, -0.2) is 4.79 Å². The summed E-state index contributed by atoms with van der Waals surface area (Å²) in [4.78, 5) is 11.7. The molecular formula is C23H17BrCl2O3S. The van der Waals surface area contributed by atoms with Crippen LogP contribution in [0.2, 0.25) is 10.0 Å². The minimum Gasteiger partial charge on any atom is -0.481 e. The Balaban J connectivity index is 1.82. The van der Waals surface area contributed by atoms with Crippen molar-refractivity contribution in [2.45, 2.75) is 4.90 Å². The zero-order valence-electron chi connectivity index (χ0n) is 15.6. The van der Waals surface area contributed by atoms with Crippen LogP contribution in [0, 0.1) is 0 Å². The zero-order chi connectivity index (χ0) is 21.5. The highest BCUT2D eigenvalue weighted by Crippen LogP contribution is 2.35. The predicted octanol–water partition coefficient (Wildman–Crippen LogP) is 7.44. The Morgan fingerprint density at radius 2 is 1.60 bits per heavy atom. The molecule has 0 radical (unpaired) electrons. The first-order valence-corrected chi connectivity index (χ1v) is 11.5. The van der Waals surface area contributed by atoms with E-state index in [9.17, 15) is 4.79 Å². The molecule has 0 aliphatic carbocycles. The maximum absolute atomic E-state index is 10.7. The molecule has 0 aliphatic heterocycles. The molecule has 7 heteroatoms. The van der Waals surface area contributed by atoms with E-state index in [2.05, 4.69) is 22.0 Å². The van der Waals surface area contributed by atoms with Crippen molar-refractivity contribution in [2.75, 3.05) is 12.4 Å². The fourth-order valence-corrected chi connectivity index (χ4v) is 4.70. The predicted molar refractivity (Wildman–Crippen MR) is 128 cm³/mol. The number of rotatable bonds is 8. The van der Waals surface area contributed by atoms with Gasteiger partial charge in [0.25, 0.3) is 0 Å². The third kappa shape index (κ3) is 6.05. The highest BCUT2D eigenvalue weighted by atomic mass is 79.9. The summed E-state index contributed by atoms with van der Waals surface area (Å²) in [6, 6.07) is 20.9. The molecule has 3 rings (SSSR count). The molecule has 30 heavy (non-hydrogen) atoms.